The van der Waals surface area contributed by atoms with Crippen LogP contribution in [0.1, 0.15) is 19.3 Å². The number of nitrogens with one attached hydrogen (secondary N) is 2. The molecule has 0 aliphatic carbocycles. The third-order valence-electron chi connectivity index (χ3n) is 4.01. The van der Waals surface area contributed by atoms with Crippen LogP contribution in [0.5, 0.6) is 0 Å². The fraction of sp³-hybridized carbons (Fsp3) is 0.389. The van der Waals surface area contributed by atoms with Crippen molar-refractivity contribution in [3.8, 4) is 12.3 Å². The summed E-state index contributed by atoms with van der Waals surface area (Å²) in [6.45, 7) is 2.27. The van der Waals surface area contributed by atoms with Gasteiger partial charge in [0.05, 0.1) is 24.1 Å². The van der Waals surface area contributed by atoms with Crippen molar-refractivity contribution in [1.29, 1.82) is 0 Å². The highest BCUT2D eigenvalue weighted by atomic mass is 16.1. The number of hydrogen-bond donors (Lipinski definition) is 2. The molecule has 0 atom stereocenters. The number of terminal acetylenes is 1. The van der Waals surface area contributed by atoms with Crippen molar-refractivity contribution in [1.82, 2.24) is 15.3 Å². The van der Waals surface area contributed by atoms with Gasteiger partial charge in [0.25, 0.3) is 0 Å². The smallest absolute Gasteiger partial charge is 0.240 e. The van der Waals surface area contributed by atoms with Gasteiger partial charge in [-0.2, -0.15) is 0 Å². The summed E-state index contributed by atoms with van der Waals surface area (Å²) in [7, 11) is 0. The average Bonchev–Trinajstić information content (AvgIpc) is 2.64. The maximum Gasteiger partial charge on any atom is 0.240 e. The third-order valence-corrected chi connectivity index (χ3v) is 4.01. The minimum absolute atomic E-state index is 0.121. The van der Waals surface area contributed by atoms with E-state index in [2.05, 4.69) is 26.4 Å². The molecule has 6 heteroatoms. The molecule has 0 unspecified atom stereocenters. The zero-order valence-corrected chi connectivity index (χ0v) is 13.6. The van der Waals surface area contributed by atoms with Crippen LogP contribution in [0.2, 0.25) is 0 Å². The monoisotopic (exact) mass is 323 g/mol. The van der Waals surface area contributed by atoms with Crippen LogP contribution in [0.15, 0.2) is 24.3 Å². The Kier molecular flexibility index (Phi) is 5.12. The molecule has 2 aromatic rings. The Labute approximate surface area is 141 Å². The number of benzene rings is 1. The lowest BCUT2D eigenvalue weighted by Gasteiger charge is -2.29. The van der Waals surface area contributed by atoms with E-state index in [4.69, 9.17) is 11.4 Å². The molecular formula is C18H21N5O. The topological polar surface area (TPSA) is 70.1 Å². The van der Waals surface area contributed by atoms with E-state index in [1.54, 1.807) is 0 Å². The molecule has 1 fully saturated rings. The van der Waals surface area contributed by atoms with Gasteiger partial charge in [0.15, 0.2) is 11.6 Å². The molecule has 0 radical (unpaired) electrons. The third kappa shape index (κ3) is 3.74. The van der Waals surface area contributed by atoms with E-state index in [0.717, 1.165) is 42.8 Å². The Bertz CT molecular complexity index is 762. The van der Waals surface area contributed by atoms with Crippen LogP contribution in [-0.2, 0) is 4.79 Å². The van der Waals surface area contributed by atoms with Gasteiger partial charge < -0.3 is 15.5 Å². The number of amides is 1. The molecule has 0 spiro atoms. The summed E-state index contributed by atoms with van der Waals surface area (Å²) in [6, 6.07) is 7.77. The minimum Gasteiger partial charge on any atom is -0.358 e. The molecule has 0 saturated carbocycles. The van der Waals surface area contributed by atoms with E-state index in [1.807, 2.05) is 24.3 Å². The first-order valence-corrected chi connectivity index (χ1v) is 8.23. The summed E-state index contributed by atoms with van der Waals surface area (Å²) >= 11 is 0. The van der Waals surface area contributed by atoms with Gasteiger partial charge >= 0.3 is 0 Å². The highest BCUT2D eigenvalue weighted by Crippen LogP contribution is 2.27. The van der Waals surface area contributed by atoms with Crippen LogP contribution in [0.4, 0.5) is 11.6 Å². The molecule has 124 valence electrons. The second-order valence-corrected chi connectivity index (χ2v) is 5.77. The molecule has 6 nitrogen and oxygen atoms in total. The summed E-state index contributed by atoms with van der Waals surface area (Å²) < 4.78 is 0. The van der Waals surface area contributed by atoms with Crippen molar-refractivity contribution >= 4 is 28.6 Å². The number of piperidine rings is 1. The number of rotatable bonds is 5. The number of fused-ring (bicyclic) bond motifs is 1. The van der Waals surface area contributed by atoms with Gasteiger partial charge in [-0.15, -0.1) is 6.42 Å². The number of carbonyl (C=O) groups excluding carboxylic acids is 1. The lowest BCUT2D eigenvalue weighted by atomic mass is 10.1. The summed E-state index contributed by atoms with van der Waals surface area (Å²) in [5.41, 5.74) is 1.67. The number of aromatic nitrogens is 2. The Balaban J connectivity index is 1.85. The SMILES string of the molecule is C#CCNC(=O)CNc1nc2ccccc2nc1N1CCCCC1. The van der Waals surface area contributed by atoms with Gasteiger partial charge in [0, 0.05) is 13.1 Å². The first kappa shape index (κ1) is 16.1. The van der Waals surface area contributed by atoms with E-state index < -0.39 is 0 Å². The maximum absolute atomic E-state index is 11.8. The van der Waals surface area contributed by atoms with Gasteiger partial charge in [-0.3, -0.25) is 4.79 Å². The zero-order valence-electron chi connectivity index (χ0n) is 13.6. The van der Waals surface area contributed by atoms with Crippen LogP contribution in [0.3, 0.4) is 0 Å². The Morgan fingerprint density at radius 1 is 1.17 bits per heavy atom. The standard InChI is InChI=1S/C18H21N5O/c1-2-10-19-16(24)13-20-17-18(23-11-6-3-7-12-23)22-15-9-5-4-8-14(15)21-17/h1,4-5,8-9H,3,6-7,10-13H2,(H,19,24)(H,20,21). The molecule has 2 N–H and O–H groups in total. The van der Waals surface area contributed by atoms with Crippen LogP contribution in [0.25, 0.3) is 11.0 Å². The normalized spacial score (nSPS) is 14.2. The average molecular weight is 323 g/mol. The fourth-order valence-electron chi connectivity index (χ4n) is 2.81. The van der Waals surface area contributed by atoms with Crippen LogP contribution >= 0.6 is 0 Å². The van der Waals surface area contributed by atoms with Crippen molar-refractivity contribution < 1.29 is 4.79 Å². The quantitative estimate of drug-likeness (QED) is 0.821. The zero-order chi connectivity index (χ0) is 16.8. The Morgan fingerprint density at radius 2 is 1.88 bits per heavy atom. The predicted molar refractivity (Wildman–Crippen MR) is 95.9 cm³/mol. The lowest BCUT2D eigenvalue weighted by molar-refractivity contribution is -0.119. The Morgan fingerprint density at radius 3 is 2.58 bits per heavy atom. The van der Waals surface area contributed by atoms with Gasteiger partial charge in [0.2, 0.25) is 5.91 Å². The van der Waals surface area contributed by atoms with Crippen molar-refractivity contribution in [3.05, 3.63) is 24.3 Å². The number of anilines is 2. The first-order valence-electron chi connectivity index (χ1n) is 8.23. The van der Waals surface area contributed by atoms with Gasteiger partial charge in [-0.1, -0.05) is 18.1 Å². The van der Waals surface area contributed by atoms with Gasteiger partial charge in [0.1, 0.15) is 0 Å². The molecule has 1 aromatic heterocycles. The summed E-state index contributed by atoms with van der Waals surface area (Å²) in [4.78, 5) is 23.5. The molecule has 1 amide bonds. The lowest BCUT2D eigenvalue weighted by Crippen LogP contribution is -2.33. The second-order valence-electron chi connectivity index (χ2n) is 5.77. The Hall–Kier alpha value is -2.81. The number of hydrogen-bond acceptors (Lipinski definition) is 5. The van der Waals surface area contributed by atoms with E-state index >= 15 is 0 Å². The molecule has 1 aromatic carbocycles. The predicted octanol–water partition coefficient (Wildman–Crippen LogP) is 1.78. The highest BCUT2D eigenvalue weighted by Gasteiger charge is 2.18. The number of nitrogens with zero attached hydrogens (tertiary/aromatic N) is 3. The highest BCUT2D eigenvalue weighted by molar-refractivity contribution is 5.84. The second kappa shape index (κ2) is 7.64. The van der Waals surface area contributed by atoms with Gasteiger partial charge in [-0.05, 0) is 31.4 Å². The molecular weight excluding hydrogens is 302 g/mol. The maximum atomic E-state index is 11.8. The van der Waals surface area contributed by atoms with E-state index in [9.17, 15) is 4.79 Å². The molecule has 1 saturated heterocycles. The molecule has 2 heterocycles. The van der Waals surface area contributed by atoms with E-state index in [0.29, 0.717) is 5.82 Å². The van der Waals surface area contributed by atoms with Crippen molar-refractivity contribution in [2.45, 2.75) is 19.3 Å². The fourth-order valence-corrected chi connectivity index (χ4v) is 2.81. The van der Waals surface area contributed by atoms with Crippen LogP contribution in [0, 0.1) is 12.3 Å². The summed E-state index contributed by atoms with van der Waals surface area (Å²) in [5, 5.41) is 5.75. The number of para-hydroxylation sites is 2. The summed E-state index contributed by atoms with van der Waals surface area (Å²) in [6.07, 6.45) is 8.70. The molecule has 1 aliphatic rings. The summed E-state index contributed by atoms with van der Waals surface area (Å²) in [5.74, 6) is 3.69. The largest absolute Gasteiger partial charge is 0.358 e. The minimum atomic E-state index is -0.160. The first-order chi connectivity index (χ1) is 11.8. The van der Waals surface area contributed by atoms with E-state index in [1.165, 1.54) is 6.42 Å². The number of carbonyl (C=O) groups is 1. The van der Waals surface area contributed by atoms with Crippen molar-refractivity contribution in [2.75, 3.05) is 36.4 Å². The molecule has 1 aliphatic heterocycles. The van der Waals surface area contributed by atoms with Crippen molar-refractivity contribution in [3.63, 3.8) is 0 Å². The van der Waals surface area contributed by atoms with Gasteiger partial charge in [-0.25, -0.2) is 9.97 Å². The molecule has 24 heavy (non-hydrogen) atoms. The van der Waals surface area contributed by atoms with Crippen LogP contribution < -0.4 is 15.5 Å². The molecule has 0 bridgehead atoms. The van der Waals surface area contributed by atoms with E-state index in [-0.39, 0.29) is 19.0 Å². The molecule has 3 rings (SSSR count). The van der Waals surface area contributed by atoms with Crippen LogP contribution in [-0.4, -0.2) is 42.1 Å². The van der Waals surface area contributed by atoms with Crippen molar-refractivity contribution in [2.24, 2.45) is 0 Å².